The van der Waals surface area contributed by atoms with Gasteiger partial charge in [0, 0.05) is 7.11 Å². The summed E-state index contributed by atoms with van der Waals surface area (Å²) in [5.41, 5.74) is 2.00. The van der Waals surface area contributed by atoms with Crippen LogP contribution in [0.25, 0.3) is 11.0 Å². The van der Waals surface area contributed by atoms with E-state index in [2.05, 4.69) is 42.9 Å². The van der Waals surface area contributed by atoms with Crippen LogP contribution in [0.15, 0.2) is 24.3 Å². The lowest BCUT2D eigenvalue weighted by molar-refractivity contribution is -0.0285. The van der Waals surface area contributed by atoms with Gasteiger partial charge in [-0.2, -0.15) is 0 Å². The fourth-order valence-corrected chi connectivity index (χ4v) is 5.19. The standard InChI is InChI=1S/C15H25N3OSi/c1-6-7-12-15(19-2,20(3,4)5)18-14-11-9-8-10-13(14)16-17-18/h8-11H,6-7,12H2,1-5H3. The van der Waals surface area contributed by atoms with E-state index in [4.69, 9.17) is 4.74 Å². The number of unbranched alkanes of at least 4 members (excludes halogenated alkanes) is 1. The number of nitrogens with zero attached hydrogens (tertiary/aromatic N) is 3. The molecule has 0 amide bonds. The highest BCUT2D eigenvalue weighted by molar-refractivity contribution is 6.77. The maximum Gasteiger partial charge on any atom is 0.146 e. The second-order valence-electron chi connectivity index (χ2n) is 6.33. The Bertz CT molecular complexity index is 576. The average molecular weight is 291 g/mol. The van der Waals surface area contributed by atoms with Crippen molar-refractivity contribution in [1.29, 1.82) is 0 Å². The van der Waals surface area contributed by atoms with E-state index in [1.165, 1.54) is 0 Å². The first-order valence-electron chi connectivity index (χ1n) is 7.32. The van der Waals surface area contributed by atoms with Gasteiger partial charge in [0.15, 0.2) is 0 Å². The van der Waals surface area contributed by atoms with Crippen molar-refractivity contribution in [2.24, 2.45) is 0 Å². The Kier molecular flexibility index (Phi) is 4.30. The van der Waals surface area contributed by atoms with E-state index in [1.807, 2.05) is 30.0 Å². The Balaban J connectivity index is 2.61. The Morgan fingerprint density at radius 2 is 1.95 bits per heavy atom. The third kappa shape index (κ3) is 2.40. The van der Waals surface area contributed by atoms with E-state index in [0.717, 1.165) is 30.3 Å². The van der Waals surface area contributed by atoms with Crippen molar-refractivity contribution in [2.45, 2.75) is 51.2 Å². The monoisotopic (exact) mass is 291 g/mol. The van der Waals surface area contributed by atoms with Crippen molar-refractivity contribution in [3.63, 3.8) is 0 Å². The average Bonchev–Trinajstić information content (AvgIpc) is 2.83. The summed E-state index contributed by atoms with van der Waals surface area (Å²) in [7, 11) is 0.152. The second kappa shape index (κ2) is 5.66. The van der Waals surface area contributed by atoms with E-state index in [9.17, 15) is 0 Å². The van der Waals surface area contributed by atoms with Gasteiger partial charge in [0.25, 0.3) is 0 Å². The number of hydrogen-bond donors (Lipinski definition) is 0. The van der Waals surface area contributed by atoms with Crippen LogP contribution in [0.3, 0.4) is 0 Å². The first-order valence-corrected chi connectivity index (χ1v) is 10.8. The van der Waals surface area contributed by atoms with Gasteiger partial charge in [0.1, 0.15) is 18.9 Å². The van der Waals surface area contributed by atoms with Gasteiger partial charge in [-0.05, 0) is 25.0 Å². The summed E-state index contributed by atoms with van der Waals surface area (Å²) in [5.74, 6) is 0. The van der Waals surface area contributed by atoms with Gasteiger partial charge in [-0.1, -0.05) is 50.3 Å². The molecule has 1 aromatic heterocycles. The molecule has 1 heterocycles. The highest BCUT2D eigenvalue weighted by atomic mass is 28.3. The molecule has 5 heteroatoms. The SMILES string of the molecule is CCCCC(OC)(n1nnc2ccccc21)[Si](C)(C)C. The summed E-state index contributed by atoms with van der Waals surface area (Å²) in [5, 5.41) is 8.41. The van der Waals surface area contributed by atoms with Crippen LogP contribution < -0.4 is 0 Å². The lowest BCUT2D eigenvalue weighted by Crippen LogP contribution is -2.55. The van der Waals surface area contributed by atoms with Crippen LogP contribution in [0.1, 0.15) is 26.2 Å². The van der Waals surface area contributed by atoms with E-state index in [1.54, 1.807) is 0 Å². The molecule has 110 valence electrons. The number of fused-ring (bicyclic) bond motifs is 1. The van der Waals surface area contributed by atoms with Crippen LogP contribution in [0.4, 0.5) is 0 Å². The quantitative estimate of drug-likeness (QED) is 0.760. The third-order valence-electron chi connectivity index (χ3n) is 4.07. The highest BCUT2D eigenvalue weighted by Crippen LogP contribution is 2.36. The number of aromatic nitrogens is 3. The van der Waals surface area contributed by atoms with Crippen molar-refractivity contribution in [3.05, 3.63) is 24.3 Å². The molecule has 0 bridgehead atoms. The number of hydrogen-bond acceptors (Lipinski definition) is 3. The van der Waals surface area contributed by atoms with E-state index >= 15 is 0 Å². The molecule has 1 unspecified atom stereocenters. The van der Waals surface area contributed by atoms with Crippen LogP contribution >= 0.6 is 0 Å². The zero-order valence-electron chi connectivity index (χ0n) is 13.2. The summed E-state index contributed by atoms with van der Waals surface area (Å²) in [6.45, 7) is 9.22. The summed E-state index contributed by atoms with van der Waals surface area (Å²) in [4.78, 5) is 0. The van der Waals surface area contributed by atoms with Gasteiger partial charge in [-0.3, -0.25) is 0 Å². The predicted molar refractivity (Wildman–Crippen MR) is 85.4 cm³/mol. The minimum absolute atomic E-state index is 0.334. The minimum Gasteiger partial charge on any atom is -0.361 e. The molecule has 2 aromatic rings. The molecule has 0 saturated heterocycles. The van der Waals surface area contributed by atoms with Crippen LogP contribution in [0, 0.1) is 0 Å². The van der Waals surface area contributed by atoms with Crippen molar-refractivity contribution < 1.29 is 4.74 Å². The Morgan fingerprint density at radius 3 is 2.55 bits per heavy atom. The number of para-hydroxylation sites is 1. The van der Waals surface area contributed by atoms with Crippen LogP contribution in [0.2, 0.25) is 19.6 Å². The predicted octanol–water partition coefficient (Wildman–Crippen LogP) is 3.80. The van der Waals surface area contributed by atoms with Crippen LogP contribution in [-0.2, 0) is 10.1 Å². The van der Waals surface area contributed by atoms with Gasteiger partial charge >= 0.3 is 0 Å². The summed E-state index contributed by atoms with van der Waals surface area (Å²) >= 11 is 0. The first-order chi connectivity index (χ1) is 9.46. The largest absolute Gasteiger partial charge is 0.361 e. The molecule has 0 N–H and O–H groups in total. The number of rotatable bonds is 6. The third-order valence-corrected chi connectivity index (χ3v) is 7.08. The normalized spacial score (nSPS) is 15.4. The molecular weight excluding hydrogens is 266 g/mol. The Morgan fingerprint density at radius 1 is 1.25 bits per heavy atom. The van der Waals surface area contributed by atoms with Crippen LogP contribution in [0.5, 0.6) is 0 Å². The molecule has 0 radical (unpaired) electrons. The zero-order chi connectivity index (χ0) is 14.8. The molecule has 1 atom stereocenters. The molecule has 20 heavy (non-hydrogen) atoms. The smallest absolute Gasteiger partial charge is 0.146 e. The summed E-state index contributed by atoms with van der Waals surface area (Å²) in [6, 6.07) is 8.11. The molecule has 4 nitrogen and oxygen atoms in total. The van der Waals surface area contributed by atoms with Gasteiger partial charge in [0.2, 0.25) is 0 Å². The van der Waals surface area contributed by atoms with Crippen LogP contribution in [-0.4, -0.2) is 30.2 Å². The van der Waals surface area contributed by atoms with Gasteiger partial charge in [-0.25, -0.2) is 4.68 Å². The summed E-state index contributed by atoms with van der Waals surface area (Å²) in [6.07, 6.45) is 3.28. The molecule has 2 rings (SSSR count). The molecule has 0 aliphatic rings. The second-order valence-corrected chi connectivity index (χ2v) is 11.6. The number of benzene rings is 1. The number of ether oxygens (including phenoxy) is 1. The fraction of sp³-hybridized carbons (Fsp3) is 0.600. The van der Waals surface area contributed by atoms with Crippen molar-refractivity contribution in [2.75, 3.05) is 7.11 Å². The fourth-order valence-electron chi connectivity index (χ4n) is 2.85. The molecule has 0 aliphatic heterocycles. The lowest BCUT2D eigenvalue weighted by Gasteiger charge is -2.42. The zero-order valence-corrected chi connectivity index (χ0v) is 14.2. The maximum absolute atomic E-state index is 6.08. The lowest BCUT2D eigenvalue weighted by atomic mass is 10.2. The first kappa shape index (κ1) is 15.2. The molecule has 1 aromatic carbocycles. The molecule has 0 fully saturated rings. The topological polar surface area (TPSA) is 39.9 Å². The molecular formula is C15H25N3OSi. The van der Waals surface area contributed by atoms with Gasteiger partial charge in [0.05, 0.1) is 5.52 Å². The van der Waals surface area contributed by atoms with Crippen molar-refractivity contribution >= 4 is 19.1 Å². The highest BCUT2D eigenvalue weighted by Gasteiger charge is 2.46. The van der Waals surface area contributed by atoms with Crippen molar-refractivity contribution in [3.8, 4) is 0 Å². The van der Waals surface area contributed by atoms with E-state index < -0.39 is 8.07 Å². The molecule has 0 aliphatic carbocycles. The van der Waals surface area contributed by atoms with E-state index in [0.29, 0.717) is 0 Å². The van der Waals surface area contributed by atoms with E-state index in [-0.39, 0.29) is 5.35 Å². The summed E-state index contributed by atoms with van der Waals surface area (Å²) < 4.78 is 8.11. The van der Waals surface area contributed by atoms with Crippen molar-refractivity contribution in [1.82, 2.24) is 15.0 Å². The minimum atomic E-state index is -1.66. The Hall–Kier alpha value is -1.20. The number of methoxy groups -OCH3 is 1. The van der Waals surface area contributed by atoms with Gasteiger partial charge in [-0.15, -0.1) is 5.10 Å². The maximum atomic E-state index is 6.08. The van der Waals surface area contributed by atoms with Gasteiger partial charge < -0.3 is 4.74 Å². The molecule has 0 saturated carbocycles. The molecule has 0 spiro atoms. The Labute approximate surface area is 122 Å².